The van der Waals surface area contributed by atoms with Crippen LogP contribution in [0.1, 0.15) is 19.4 Å². The first-order valence-corrected chi connectivity index (χ1v) is 5.37. The highest BCUT2D eigenvalue weighted by atomic mass is 19.1. The lowest BCUT2D eigenvalue weighted by Gasteiger charge is -2.25. The van der Waals surface area contributed by atoms with Crippen molar-refractivity contribution in [3.8, 4) is 0 Å². The maximum absolute atomic E-state index is 13.5. The van der Waals surface area contributed by atoms with Gasteiger partial charge in [-0.1, -0.05) is 18.2 Å². The van der Waals surface area contributed by atoms with Crippen LogP contribution >= 0.6 is 0 Å². The van der Waals surface area contributed by atoms with Crippen molar-refractivity contribution in [3.05, 3.63) is 41.7 Å². The standard InChI is InChI=1S/C13H18FNO/c1-4-15(8-10(2)3)13-7-5-6-12(14)11(13)9-16/h5-7,16H,2,4,8-9H2,1,3H3. The molecule has 0 atom stereocenters. The molecular weight excluding hydrogens is 205 g/mol. The summed E-state index contributed by atoms with van der Waals surface area (Å²) < 4.78 is 13.5. The Morgan fingerprint density at radius 1 is 1.50 bits per heavy atom. The number of aliphatic hydroxyl groups excluding tert-OH is 1. The summed E-state index contributed by atoms with van der Waals surface area (Å²) in [7, 11) is 0. The van der Waals surface area contributed by atoms with Gasteiger partial charge in [0.15, 0.2) is 0 Å². The molecule has 0 aliphatic heterocycles. The van der Waals surface area contributed by atoms with Gasteiger partial charge in [0.25, 0.3) is 0 Å². The number of hydrogen-bond donors (Lipinski definition) is 1. The van der Waals surface area contributed by atoms with E-state index in [1.165, 1.54) is 6.07 Å². The second-order valence-electron chi connectivity index (χ2n) is 3.87. The normalized spacial score (nSPS) is 10.2. The van der Waals surface area contributed by atoms with Crippen molar-refractivity contribution in [1.82, 2.24) is 0 Å². The van der Waals surface area contributed by atoms with Gasteiger partial charge in [-0.15, -0.1) is 0 Å². The number of aliphatic hydroxyl groups is 1. The maximum atomic E-state index is 13.5. The lowest BCUT2D eigenvalue weighted by Crippen LogP contribution is -2.25. The van der Waals surface area contributed by atoms with Gasteiger partial charge in [-0.3, -0.25) is 0 Å². The van der Waals surface area contributed by atoms with Crippen LogP contribution in [0.5, 0.6) is 0 Å². The van der Waals surface area contributed by atoms with Gasteiger partial charge in [0.2, 0.25) is 0 Å². The zero-order valence-electron chi connectivity index (χ0n) is 9.83. The molecule has 1 aromatic rings. The number of hydrogen-bond acceptors (Lipinski definition) is 2. The van der Waals surface area contributed by atoms with Crippen LogP contribution in [0.25, 0.3) is 0 Å². The molecule has 0 unspecified atom stereocenters. The number of halogens is 1. The van der Waals surface area contributed by atoms with E-state index in [1.807, 2.05) is 24.8 Å². The van der Waals surface area contributed by atoms with Crippen molar-refractivity contribution in [1.29, 1.82) is 0 Å². The van der Waals surface area contributed by atoms with Gasteiger partial charge in [-0.05, 0) is 26.0 Å². The second-order valence-corrected chi connectivity index (χ2v) is 3.87. The largest absolute Gasteiger partial charge is 0.391 e. The minimum atomic E-state index is -0.361. The fraction of sp³-hybridized carbons (Fsp3) is 0.385. The van der Waals surface area contributed by atoms with Crippen LogP contribution < -0.4 is 4.90 Å². The Morgan fingerprint density at radius 3 is 2.69 bits per heavy atom. The lowest BCUT2D eigenvalue weighted by atomic mass is 10.1. The third-order valence-electron chi connectivity index (χ3n) is 2.44. The van der Waals surface area contributed by atoms with Crippen LogP contribution in [-0.4, -0.2) is 18.2 Å². The predicted molar refractivity (Wildman–Crippen MR) is 65.0 cm³/mol. The Bertz CT molecular complexity index is 376. The van der Waals surface area contributed by atoms with Crippen LogP contribution in [0.4, 0.5) is 10.1 Å². The number of nitrogens with zero attached hydrogens (tertiary/aromatic N) is 1. The first kappa shape index (κ1) is 12.7. The summed E-state index contributed by atoms with van der Waals surface area (Å²) in [6, 6.07) is 4.84. The number of benzene rings is 1. The van der Waals surface area contributed by atoms with Crippen LogP contribution in [0.3, 0.4) is 0 Å². The van der Waals surface area contributed by atoms with Crippen molar-refractivity contribution in [2.45, 2.75) is 20.5 Å². The summed E-state index contributed by atoms with van der Waals surface area (Å²) in [4.78, 5) is 2.00. The predicted octanol–water partition coefficient (Wildman–Crippen LogP) is 2.72. The Hall–Kier alpha value is -1.35. The van der Waals surface area contributed by atoms with Crippen molar-refractivity contribution >= 4 is 5.69 Å². The van der Waals surface area contributed by atoms with E-state index in [0.29, 0.717) is 12.1 Å². The maximum Gasteiger partial charge on any atom is 0.130 e. The highest BCUT2D eigenvalue weighted by molar-refractivity contribution is 5.54. The van der Waals surface area contributed by atoms with Crippen LogP contribution in [0.15, 0.2) is 30.4 Å². The molecule has 0 aliphatic rings. The van der Waals surface area contributed by atoms with E-state index in [1.54, 1.807) is 6.07 Å². The fourth-order valence-corrected chi connectivity index (χ4v) is 1.69. The van der Waals surface area contributed by atoms with Crippen molar-refractivity contribution in [3.63, 3.8) is 0 Å². The van der Waals surface area contributed by atoms with Gasteiger partial charge < -0.3 is 10.0 Å². The molecule has 3 heteroatoms. The Morgan fingerprint density at radius 2 is 2.19 bits per heavy atom. The zero-order chi connectivity index (χ0) is 12.1. The molecule has 0 amide bonds. The third-order valence-corrected chi connectivity index (χ3v) is 2.44. The number of rotatable bonds is 5. The molecular formula is C13H18FNO. The summed E-state index contributed by atoms with van der Waals surface area (Å²) >= 11 is 0. The van der Waals surface area contributed by atoms with Crippen molar-refractivity contribution in [2.75, 3.05) is 18.0 Å². The van der Waals surface area contributed by atoms with E-state index < -0.39 is 0 Å². The van der Waals surface area contributed by atoms with E-state index in [2.05, 4.69) is 6.58 Å². The van der Waals surface area contributed by atoms with Gasteiger partial charge >= 0.3 is 0 Å². The molecule has 1 rings (SSSR count). The minimum absolute atomic E-state index is 0.283. The summed E-state index contributed by atoms with van der Waals surface area (Å²) in [5.41, 5.74) is 2.11. The molecule has 88 valence electrons. The quantitative estimate of drug-likeness (QED) is 0.776. The van der Waals surface area contributed by atoms with Gasteiger partial charge in [0.1, 0.15) is 5.82 Å². The van der Waals surface area contributed by atoms with Gasteiger partial charge in [0, 0.05) is 24.3 Å². The van der Waals surface area contributed by atoms with Crippen LogP contribution in [-0.2, 0) is 6.61 Å². The lowest BCUT2D eigenvalue weighted by molar-refractivity contribution is 0.276. The zero-order valence-corrected chi connectivity index (χ0v) is 9.83. The molecule has 1 N–H and O–H groups in total. The molecule has 0 aromatic heterocycles. The molecule has 0 saturated heterocycles. The summed E-state index contributed by atoms with van der Waals surface area (Å²) in [5.74, 6) is -0.361. The molecule has 0 aliphatic carbocycles. The average molecular weight is 223 g/mol. The van der Waals surface area contributed by atoms with Crippen molar-refractivity contribution in [2.24, 2.45) is 0 Å². The Balaban J connectivity index is 3.08. The molecule has 16 heavy (non-hydrogen) atoms. The van der Waals surface area contributed by atoms with E-state index in [9.17, 15) is 9.50 Å². The first-order valence-electron chi connectivity index (χ1n) is 5.37. The molecule has 0 heterocycles. The van der Waals surface area contributed by atoms with Gasteiger partial charge in [-0.25, -0.2) is 4.39 Å². The fourth-order valence-electron chi connectivity index (χ4n) is 1.69. The molecule has 0 bridgehead atoms. The number of anilines is 1. The molecule has 0 spiro atoms. The van der Waals surface area contributed by atoms with Crippen LogP contribution in [0.2, 0.25) is 0 Å². The summed E-state index contributed by atoms with van der Waals surface area (Å²) in [6.07, 6.45) is 0. The number of likely N-dealkylation sites (N-methyl/N-ethyl adjacent to an activating group) is 1. The topological polar surface area (TPSA) is 23.5 Å². The van der Waals surface area contributed by atoms with Crippen LogP contribution in [0, 0.1) is 5.82 Å². The minimum Gasteiger partial charge on any atom is -0.391 e. The molecule has 0 radical (unpaired) electrons. The smallest absolute Gasteiger partial charge is 0.130 e. The van der Waals surface area contributed by atoms with Gasteiger partial charge in [-0.2, -0.15) is 0 Å². The highest BCUT2D eigenvalue weighted by Gasteiger charge is 2.12. The van der Waals surface area contributed by atoms with E-state index >= 15 is 0 Å². The van der Waals surface area contributed by atoms with Crippen molar-refractivity contribution < 1.29 is 9.50 Å². The highest BCUT2D eigenvalue weighted by Crippen LogP contribution is 2.23. The van der Waals surface area contributed by atoms with E-state index in [4.69, 9.17) is 0 Å². The second kappa shape index (κ2) is 5.66. The average Bonchev–Trinajstić information content (AvgIpc) is 2.25. The van der Waals surface area contributed by atoms with E-state index in [-0.39, 0.29) is 12.4 Å². The molecule has 0 fully saturated rings. The van der Waals surface area contributed by atoms with Gasteiger partial charge in [0.05, 0.1) is 6.61 Å². The monoisotopic (exact) mass is 223 g/mol. The first-order chi connectivity index (χ1) is 7.60. The summed E-state index contributed by atoms with van der Waals surface area (Å²) in [5, 5.41) is 9.19. The third kappa shape index (κ3) is 2.83. The summed E-state index contributed by atoms with van der Waals surface area (Å²) in [6.45, 7) is 8.92. The Labute approximate surface area is 96.0 Å². The molecule has 2 nitrogen and oxygen atoms in total. The van der Waals surface area contributed by atoms with E-state index in [0.717, 1.165) is 17.8 Å². The molecule has 0 saturated carbocycles. The SMILES string of the molecule is C=C(C)CN(CC)c1cccc(F)c1CO. The molecule has 1 aromatic carbocycles. The Kier molecular flexibility index (Phi) is 4.50.